The predicted molar refractivity (Wildman–Crippen MR) is 153 cm³/mol. The van der Waals surface area contributed by atoms with Crippen molar-refractivity contribution in [1.82, 2.24) is 4.57 Å². The number of hydrogen-bond acceptors (Lipinski definition) is 5. The number of Topliss-reactive ketones (excluding diaryl/α,β-unsaturated/α-hetero) is 2. The quantitative estimate of drug-likeness (QED) is 0.248. The minimum Gasteiger partial charge on any atom is -0.495 e. The van der Waals surface area contributed by atoms with E-state index in [0.29, 0.717) is 40.4 Å². The Morgan fingerprint density at radius 1 is 1.00 bits per heavy atom. The second-order valence-corrected chi connectivity index (χ2v) is 10.0. The van der Waals surface area contributed by atoms with E-state index in [1.807, 2.05) is 54.7 Å². The third-order valence-corrected chi connectivity index (χ3v) is 7.21. The van der Waals surface area contributed by atoms with Crippen molar-refractivity contribution < 1.29 is 14.3 Å². The summed E-state index contributed by atoms with van der Waals surface area (Å²) in [6.07, 6.45) is 3.91. The minimum absolute atomic E-state index is 0.0956. The van der Waals surface area contributed by atoms with E-state index in [2.05, 4.69) is 4.99 Å². The second-order valence-electron chi connectivity index (χ2n) is 9.60. The lowest BCUT2D eigenvalue weighted by atomic mass is 9.95. The fraction of sp³-hybridized carbons (Fsp3) is 0.188. The van der Waals surface area contributed by atoms with Gasteiger partial charge in [-0.1, -0.05) is 60.1 Å². The lowest BCUT2D eigenvalue weighted by Gasteiger charge is -2.22. The van der Waals surface area contributed by atoms with E-state index in [0.717, 1.165) is 22.3 Å². The molecule has 0 spiro atoms. The Bertz CT molecular complexity index is 1660. The largest absolute Gasteiger partial charge is 0.495 e. The number of carbonyl (C=O) groups excluding carboxylic acids is 2. The van der Waals surface area contributed by atoms with E-state index in [4.69, 9.17) is 16.3 Å². The molecule has 3 aromatic carbocycles. The number of ether oxygens (including phenoxy) is 1. The maximum atomic E-state index is 13.8. The number of pyridine rings is 1. The third-order valence-electron chi connectivity index (χ3n) is 6.97. The van der Waals surface area contributed by atoms with Crippen LogP contribution in [-0.4, -0.2) is 29.5 Å². The number of benzene rings is 3. The van der Waals surface area contributed by atoms with Crippen LogP contribution in [0.15, 0.2) is 88.8 Å². The van der Waals surface area contributed by atoms with Crippen molar-refractivity contribution in [2.45, 2.75) is 32.4 Å². The fourth-order valence-electron chi connectivity index (χ4n) is 4.99. The smallest absolute Gasteiger partial charge is 0.252 e. The van der Waals surface area contributed by atoms with Crippen LogP contribution in [0.5, 0.6) is 5.75 Å². The van der Waals surface area contributed by atoms with E-state index >= 15 is 0 Å². The molecule has 0 N–H and O–H groups in total. The maximum absolute atomic E-state index is 13.8. The standard InChI is InChI=1S/C32H27ClN2O4/c1-20(36)26-11-10-25(33)15-27(26)28-16-32(38)35(19-31(28)39-2)29(13-21-6-4-3-5-7-21)30(37)14-22-8-9-23-17-34-18-24(23)12-22/h3-12,15-17,19,29H,13-14,18H2,1-2H3. The highest BCUT2D eigenvalue weighted by atomic mass is 35.5. The summed E-state index contributed by atoms with van der Waals surface area (Å²) in [6.45, 7) is 2.06. The van der Waals surface area contributed by atoms with Gasteiger partial charge in [0.1, 0.15) is 5.75 Å². The van der Waals surface area contributed by atoms with Gasteiger partial charge < -0.3 is 9.30 Å². The van der Waals surface area contributed by atoms with Gasteiger partial charge in [-0.25, -0.2) is 0 Å². The fourth-order valence-corrected chi connectivity index (χ4v) is 5.16. The second kappa shape index (κ2) is 11.2. The summed E-state index contributed by atoms with van der Waals surface area (Å²) in [5, 5.41) is 0.429. The molecule has 0 bridgehead atoms. The number of hydrogen-bond donors (Lipinski definition) is 0. The number of methoxy groups -OCH3 is 1. The van der Waals surface area contributed by atoms with Crippen LogP contribution in [0.3, 0.4) is 0 Å². The number of halogens is 1. The van der Waals surface area contributed by atoms with Gasteiger partial charge in [0.05, 0.1) is 25.9 Å². The third kappa shape index (κ3) is 5.61. The molecule has 1 atom stereocenters. The van der Waals surface area contributed by atoms with E-state index in [-0.39, 0.29) is 23.5 Å². The highest BCUT2D eigenvalue weighted by Gasteiger charge is 2.25. The molecule has 4 aromatic rings. The van der Waals surface area contributed by atoms with Crippen LogP contribution >= 0.6 is 11.6 Å². The van der Waals surface area contributed by atoms with Gasteiger partial charge in [0.2, 0.25) is 0 Å². The number of rotatable bonds is 9. The van der Waals surface area contributed by atoms with Crippen molar-refractivity contribution in [1.29, 1.82) is 0 Å². The summed E-state index contributed by atoms with van der Waals surface area (Å²) in [6, 6.07) is 21.1. The molecule has 7 heteroatoms. The van der Waals surface area contributed by atoms with E-state index in [9.17, 15) is 14.4 Å². The zero-order valence-corrected chi connectivity index (χ0v) is 22.4. The molecular weight excluding hydrogens is 512 g/mol. The Balaban J connectivity index is 1.57. The first-order valence-corrected chi connectivity index (χ1v) is 13.0. The van der Waals surface area contributed by atoms with Gasteiger partial charge in [0.15, 0.2) is 11.6 Å². The van der Waals surface area contributed by atoms with Crippen molar-refractivity contribution in [3.8, 4) is 16.9 Å². The highest BCUT2D eigenvalue weighted by Crippen LogP contribution is 2.34. The molecule has 1 aliphatic rings. The highest BCUT2D eigenvalue weighted by molar-refractivity contribution is 6.31. The average molecular weight is 539 g/mol. The predicted octanol–water partition coefficient (Wildman–Crippen LogP) is 5.91. The number of ketones is 2. The van der Waals surface area contributed by atoms with Crippen molar-refractivity contribution >= 4 is 29.4 Å². The van der Waals surface area contributed by atoms with Gasteiger partial charge in [-0.2, -0.15) is 0 Å². The van der Waals surface area contributed by atoms with Gasteiger partial charge in [0, 0.05) is 41.3 Å². The van der Waals surface area contributed by atoms with Crippen LogP contribution < -0.4 is 10.3 Å². The Kier molecular flexibility index (Phi) is 7.57. The molecule has 0 aliphatic carbocycles. The Morgan fingerprint density at radius 3 is 2.54 bits per heavy atom. The molecular formula is C32H27ClN2O4. The van der Waals surface area contributed by atoms with Gasteiger partial charge in [-0.3, -0.25) is 19.4 Å². The first-order valence-electron chi connectivity index (χ1n) is 12.6. The van der Waals surface area contributed by atoms with Crippen molar-refractivity contribution in [3.63, 3.8) is 0 Å². The summed E-state index contributed by atoms with van der Waals surface area (Å²) in [5.41, 5.74) is 4.95. The Hall–Kier alpha value is -4.29. The molecule has 0 saturated heterocycles. The van der Waals surface area contributed by atoms with Gasteiger partial charge in [-0.15, -0.1) is 0 Å². The minimum atomic E-state index is -0.765. The number of carbonyl (C=O) groups is 2. The normalized spacial score (nSPS) is 12.7. The summed E-state index contributed by atoms with van der Waals surface area (Å²) in [7, 11) is 1.49. The van der Waals surface area contributed by atoms with Crippen molar-refractivity contribution in [2.24, 2.45) is 4.99 Å². The molecule has 39 heavy (non-hydrogen) atoms. The molecule has 0 fully saturated rings. The number of fused-ring (bicyclic) bond motifs is 1. The maximum Gasteiger partial charge on any atom is 0.252 e. The van der Waals surface area contributed by atoms with Crippen LogP contribution in [0, 0.1) is 0 Å². The van der Waals surface area contributed by atoms with Crippen LogP contribution in [0.4, 0.5) is 0 Å². The van der Waals surface area contributed by atoms with Crippen LogP contribution in [0.25, 0.3) is 11.1 Å². The molecule has 5 rings (SSSR count). The number of aromatic nitrogens is 1. The lowest BCUT2D eigenvalue weighted by Crippen LogP contribution is -2.32. The van der Waals surface area contributed by atoms with Gasteiger partial charge in [-0.05, 0) is 52.9 Å². The topological polar surface area (TPSA) is 77.7 Å². The van der Waals surface area contributed by atoms with Crippen molar-refractivity contribution in [2.75, 3.05) is 7.11 Å². The molecule has 1 aliphatic heterocycles. The van der Waals surface area contributed by atoms with Crippen LogP contribution in [0.1, 0.15) is 45.6 Å². The van der Waals surface area contributed by atoms with Gasteiger partial charge in [0.25, 0.3) is 5.56 Å². The summed E-state index contributed by atoms with van der Waals surface area (Å²) >= 11 is 6.24. The summed E-state index contributed by atoms with van der Waals surface area (Å²) in [5.74, 6) is 0.103. The van der Waals surface area contributed by atoms with Crippen LogP contribution in [-0.2, 0) is 24.2 Å². The SMILES string of the molecule is COc1cn(C(Cc2ccccc2)C(=O)Cc2ccc3c(c2)CN=C3)c(=O)cc1-c1cc(Cl)ccc1C(C)=O. The zero-order chi connectivity index (χ0) is 27.5. The zero-order valence-electron chi connectivity index (χ0n) is 21.7. The molecule has 0 radical (unpaired) electrons. The molecule has 2 heterocycles. The molecule has 196 valence electrons. The Morgan fingerprint density at radius 2 is 1.79 bits per heavy atom. The van der Waals surface area contributed by atoms with E-state index in [1.165, 1.54) is 24.7 Å². The molecule has 1 unspecified atom stereocenters. The van der Waals surface area contributed by atoms with Gasteiger partial charge >= 0.3 is 0 Å². The summed E-state index contributed by atoms with van der Waals surface area (Å²) in [4.78, 5) is 44.1. The van der Waals surface area contributed by atoms with E-state index in [1.54, 1.807) is 24.4 Å². The Labute approximate surface area is 231 Å². The first-order chi connectivity index (χ1) is 18.8. The average Bonchev–Trinajstić information content (AvgIpc) is 3.40. The summed E-state index contributed by atoms with van der Waals surface area (Å²) < 4.78 is 7.12. The molecule has 0 saturated carbocycles. The number of aliphatic imine (C=N–C) groups is 1. The molecule has 0 amide bonds. The molecule has 1 aromatic heterocycles. The number of nitrogens with zero attached hydrogens (tertiary/aromatic N) is 2. The van der Waals surface area contributed by atoms with Crippen LogP contribution in [0.2, 0.25) is 5.02 Å². The first kappa shape index (κ1) is 26.3. The lowest BCUT2D eigenvalue weighted by molar-refractivity contribution is -0.121. The monoisotopic (exact) mass is 538 g/mol. The molecule has 6 nitrogen and oxygen atoms in total. The van der Waals surface area contributed by atoms with Crippen molar-refractivity contribution in [3.05, 3.63) is 122 Å². The van der Waals surface area contributed by atoms with E-state index < -0.39 is 6.04 Å².